The minimum atomic E-state index is -0.881. The molecule has 7 nitrogen and oxygen atoms in total. The number of fused-ring (bicyclic) bond motifs is 1. The van der Waals surface area contributed by atoms with Crippen LogP contribution in [0.15, 0.2) is 48.5 Å². The van der Waals surface area contributed by atoms with Gasteiger partial charge in [-0.25, -0.2) is 5.84 Å². The number of carbonyl (C=O) groups is 2. The number of benzene rings is 3. The number of rotatable bonds is 9. The van der Waals surface area contributed by atoms with Crippen molar-refractivity contribution < 1.29 is 14.7 Å². The van der Waals surface area contributed by atoms with Crippen LogP contribution in [0, 0.1) is 6.92 Å². The van der Waals surface area contributed by atoms with E-state index >= 15 is 0 Å². The van der Waals surface area contributed by atoms with Crippen molar-refractivity contribution in [3.63, 3.8) is 0 Å². The highest BCUT2D eigenvalue weighted by Gasteiger charge is 2.27. The number of nitrogens with two attached hydrogens (primary N) is 2. The normalized spacial score (nSPS) is 13.1. The number of aliphatic carboxylic acids is 1. The van der Waals surface area contributed by atoms with E-state index in [0.717, 1.165) is 63.9 Å². The molecule has 7 heteroatoms. The summed E-state index contributed by atoms with van der Waals surface area (Å²) >= 11 is 0. The Morgan fingerprint density at radius 2 is 1.62 bits per heavy atom. The molecule has 0 aromatic heterocycles. The molecule has 0 saturated heterocycles. The summed E-state index contributed by atoms with van der Waals surface area (Å²) in [6.45, 7) is 14.0. The third kappa shape index (κ3) is 7.13. The number of nitrogen functional groups attached to an aromatic ring is 1. The van der Waals surface area contributed by atoms with E-state index in [1.807, 2.05) is 55.1 Å². The number of hydrogen-bond donors (Lipinski definition) is 3. The van der Waals surface area contributed by atoms with E-state index in [1.165, 1.54) is 12.0 Å². The van der Waals surface area contributed by atoms with E-state index in [9.17, 15) is 14.7 Å². The van der Waals surface area contributed by atoms with Crippen molar-refractivity contribution in [1.29, 1.82) is 0 Å². The molecule has 1 atom stereocenters. The van der Waals surface area contributed by atoms with Gasteiger partial charge in [0.1, 0.15) is 0 Å². The summed E-state index contributed by atoms with van der Waals surface area (Å²) in [6, 6.07) is 16.1. The van der Waals surface area contributed by atoms with Gasteiger partial charge in [-0.3, -0.25) is 9.59 Å². The van der Waals surface area contributed by atoms with Crippen LogP contribution in [0.2, 0.25) is 0 Å². The lowest BCUT2D eigenvalue weighted by molar-refractivity contribution is -0.137. The van der Waals surface area contributed by atoms with Crippen molar-refractivity contribution in [2.75, 3.05) is 23.8 Å². The Hall–Kier alpha value is -3.84. The summed E-state index contributed by atoms with van der Waals surface area (Å²) in [4.78, 5) is 27.7. The average Bonchev–Trinajstić information content (AvgIpc) is 2.99. The molecule has 42 heavy (non-hydrogen) atoms. The third-order valence-corrected chi connectivity index (χ3v) is 8.08. The highest BCUT2D eigenvalue weighted by Crippen LogP contribution is 2.37. The molecule has 1 amide bonds. The highest BCUT2D eigenvalue weighted by molar-refractivity contribution is 5.97. The van der Waals surface area contributed by atoms with Gasteiger partial charge in [-0.15, -0.1) is 0 Å². The molecule has 1 aliphatic heterocycles. The second-order valence-electron chi connectivity index (χ2n) is 11.0. The minimum absolute atomic E-state index is 0.0646. The van der Waals surface area contributed by atoms with Crippen LogP contribution in [0.25, 0.3) is 0 Å². The first-order valence-corrected chi connectivity index (χ1v) is 15.3. The molecule has 5 N–H and O–H groups in total. The van der Waals surface area contributed by atoms with Crippen molar-refractivity contribution in [3.05, 3.63) is 93.0 Å². The summed E-state index contributed by atoms with van der Waals surface area (Å²) in [5.74, 6) is 4.91. The largest absolute Gasteiger partial charge is 0.481 e. The Morgan fingerprint density at radius 1 is 0.976 bits per heavy atom. The minimum Gasteiger partial charge on any atom is -0.481 e. The van der Waals surface area contributed by atoms with E-state index < -0.39 is 5.97 Å². The molecule has 3 aromatic carbocycles. The molecule has 0 spiro atoms. The summed E-state index contributed by atoms with van der Waals surface area (Å²) in [5.41, 5.74) is 15.6. The third-order valence-electron chi connectivity index (χ3n) is 8.08. The van der Waals surface area contributed by atoms with Gasteiger partial charge < -0.3 is 20.7 Å². The fourth-order valence-corrected chi connectivity index (χ4v) is 5.75. The van der Waals surface area contributed by atoms with Gasteiger partial charge in [0.15, 0.2) is 0 Å². The molecule has 0 radical (unpaired) electrons. The molecule has 1 unspecified atom stereocenters. The SMILES string of the molecule is CCC.CCc1cccc(CC)c1C(=O)N1CCc2ccc(C(CC(=O)O)c3ccc(N(N)CC)c(N)c3C)cc2C1. The maximum Gasteiger partial charge on any atom is 0.304 e. The number of aryl methyl sites for hydroxylation is 2. The Labute approximate surface area is 251 Å². The van der Waals surface area contributed by atoms with E-state index in [2.05, 4.69) is 39.8 Å². The van der Waals surface area contributed by atoms with Gasteiger partial charge in [0.2, 0.25) is 0 Å². The van der Waals surface area contributed by atoms with Gasteiger partial charge in [0.25, 0.3) is 5.91 Å². The summed E-state index contributed by atoms with van der Waals surface area (Å²) in [6.07, 6.45) is 3.57. The van der Waals surface area contributed by atoms with Crippen LogP contribution in [0.3, 0.4) is 0 Å². The van der Waals surface area contributed by atoms with Crippen LogP contribution in [0.5, 0.6) is 0 Å². The molecular weight excluding hydrogens is 524 g/mol. The molecule has 0 aliphatic carbocycles. The molecule has 4 rings (SSSR count). The first-order valence-electron chi connectivity index (χ1n) is 15.3. The first kappa shape index (κ1) is 32.7. The van der Waals surface area contributed by atoms with Crippen LogP contribution >= 0.6 is 0 Å². The molecule has 3 aromatic rings. The topological polar surface area (TPSA) is 113 Å². The van der Waals surface area contributed by atoms with Crippen molar-refractivity contribution in [2.24, 2.45) is 5.84 Å². The second-order valence-corrected chi connectivity index (χ2v) is 11.0. The zero-order valence-corrected chi connectivity index (χ0v) is 26.2. The second kappa shape index (κ2) is 14.9. The molecule has 0 saturated carbocycles. The fraction of sp³-hybridized carbons (Fsp3) is 0.429. The molecule has 1 aliphatic rings. The summed E-state index contributed by atoms with van der Waals surface area (Å²) in [7, 11) is 0. The van der Waals surface area contributed by atoms with E-state index in [-0.39, 0.29) is 18.2 Å². The average molecular weight is 573 g/mol. The summed E-state index contributed by atoms with van der Waals surface area (Å²) in [5, 5.41) is 11.4. The Kier molecular flexibility index (Phi) is 11.6. The maximum atomic E-state index is 13.8. The van der Waals surface area contributed by atoms with Crippen LogP contribution in [-0.4, -0.2) is 35.0 Å². The first-order chi connectivity index (χ1) is 20.1. The summed E-state index contributed by atoms with van der Waals surface area (Å²) < 4.78 is 0. The standard InChI is InChI=1S/C32H40N4O3.C3H8/c1-5-21-9-8-10-22(6-2)30(21)32(39)35-16-15-23-11-12-24(17-25(23)19-35)27(18-29(37)38)26-13-14-28(36(34)7-3)31(33)20(26)4;1-3-2/h8-14,17,27H,5-7,15-16,18-19,33-34H2,1-4H3,(H,37,38);3H2,1-2H3. The van der Waals surface area contributed by atoms with E-state index in [0.29, 0.717) is 25.3 Å². The fourth-order valence-electron chi connectivity index (χ4n) is 5.75. The van der Waals surface area contributed by atoms with Crippen LogP contribution in [-0.2, 0) is 30.6 Å². The molecule has 0 bridgehead atoms. The van der Waals surface area contributed by atoms with Crippen molar-refractivity contribution in [3.8, 4) is 0 Å². The Balaban J connectivity index is 0.00000155. The zero-order valence-electron chi connectivity index (χ0n) is 26.2. The number of hydrazine groups is 1. The Bertz CT molecular complexity index is 1380. The predicted molar refractivity (Wildman–Crippen MR) is 173 cm³/mol. The zero-order chi connectivity index (χ0) is 31.0. The molecule has 1 heterocycles. The lowest BCUT2D eigenvalue weighted by Crippen LogP contribution is -2.37. The quantitative estimate of drug-likeness (QED) is 0.151. The van der Waals surface area contributed by atoms with Gasteiger partial charge in [-0.05, 0) is 78.1 Å². The van der Waals surface area contributed by atoms with E-state index in [4.69, 9.17) is 11.6 Å². The van der Waals surface area contributed by atoms with Crippen LogP contribution in [0.1, 0.15) is 103 Å². The number of carboxylic acids is 1. The van der Waals surface area contributed by atoms with Gasteiger partial charge in [0, 0.05) is 31.1 Å². The number of carboxylic acid groups (broad SMARTS) is 1. The number of anilines is 2. The number of carbonyl (C=O) groups excluding carboxylic acids is 1. The van der Waals surface area contributed by atoms with Crippen LogP contribution < -0.4 is 16.6 Å². The number of amides is 1. The van der Waals surface area contributed by atoms with E-state index in [1.54, 1.807) is 5.01 Å². The van der Waals surface area contributed by atoms with Crippen molar-refractivity contribution in [2.45, 2.75) is 86.1 Å². The molecule has 226 valence electrons. The maximum absolute atomic E-state index is 13.8. The molecule has 0 fully saturated rings. The van der Waals surface area contributed by atoms with Gasteiger partial charge in [-0.2, -0.15) is 0 Å². The Morgan fingerprint density at radius 3 is 2.19 bits per heavy atom. The van der Waals surface area contributed by atoms with Crippen LogP contribution in [0.4, 0.5) is 11.4 Å². The van der Waals surface area contributed by atoms with Gasteiger partial charge >= 0.3 is 5.97 Å². The number of hydrogen-bond acceptors (Lipinski definition) is 5. The van der Waals surface area contributed by atoms with Crippen molar-refractivity contribution in [1.82, 2.24) is 4.90 Å². The lowest BCUT2D eigenvalue weighted by Gasteiger charge is -2.31. The number of nitrogens with zero attached hydrogens (tertiary/aromatic N) is 2. The predicted octanol–water partition coefficient (Wildman–Crippen LogP) is 6.62. The highest BCUT2D eigenvalue weighted by atomic mass is 16.4. The van der Waals surface area contributed by atoms with Crippen molar-refractivity contribution >= 4 is 23.3 Å². The smallest absolute Gasteiger partial charge is 0.304 e. The van der Waals surface area contributed by atoms with Gasteiger partial charge in [0.05, 0.1) is 17.8 Å². The lowest BCUT2D eigenvalue weighted by atomic mass is 9.83. The monoisotopic (exact) mass is 572 g/mol. The molecular formula is C35H48N4O3. The van der Waals surface area contributed by atoms with Gasteiger partial charge in [-0.1, -0.05) is 76.6 Å².